The van der Waals surface area contributed by atoms with Crippen LogP contribution in [0.4, 0.5) is 79.0 Å². The zero-order valence-corrected chi connectivity index (χ0v) is 56.5. The van der Waals surface area contributed by atoms with E-state index in [1.165, 1.54) is 65.8 Å². The quantitative estimate of drug-likeness (QED) is 0.115. The van der Waals surface area contributed by atoms with Crippen LogP contribution in [-0.4, -0.2) is 62.8 Å². The molecule has 0 nitrogen and oxygen atoms in total. The van der Waals surface area contributed by atoms with E-state index in [9.17, 15) is 0 Å². The van der Waals surface area contributed by atoms with Gasteiger partial charge in [0.15, 0.2) is 0 Å². The number of thioether (sulfide) groups is 2. The molecule has 4 aliphatic carbocycles. The molecule has 0 N–H and O–H groups in total. The fourth-order valence-corrected chi connectivity index (χ4v) is 20.2. The number of thiophene rings is 4. The van der Waals surface area contributed by atoms with E-state index in [0.29, 0.717) is 54.0 Å². The second-order valence-electron chi connectivity index (χ2n) is 24.5. The summed E-state index contributed by atoms with van der Waals surface area (Å²) in [5.74, 6) is -33.2. The highest BCUT2D eigenvalue weighted by Gasteiger charge is 2.85. The molecule has 24 heteroatoms. The van der Waals surface area contributed by atoms with Crippen LogP contribution < -0.4 is 0 Å². The van der Waals surface area contributed by atoms with Crippen molar-refractivity contribution in [3.05, 3.63) is 247 Å². The van der Waals surface area contributed by atoms with Crippen molar-refractivity contribution in [3.63, 3.8) is 0 Å². The van der Waals surface area contributed by atoms with E-state index in [-0.39, 0.29) is 50.9 Å². The maximum Gasteiger partial charge on any atom is 0.380 e. The largest absolute Gasteiger partial charge is 0.380 e. The summed E-state index contributed by atoms with van der Waals surface area (Å²) in [6.07, 6.45) is 2.27. The third-order valence-corrected chi connectivity index (χ3v) is 25.8. The lowest BCUT2D eigenvalue weighted by Gasteiger charge is -2.47. The van der Waals surface area contributed by atoms with E-state index in [4.69, 9.17) is 0 Å². The Labute approximate surface area is 578 Å². The van der Waals surface area contributed by atoms with Gasteiger partial charge in [-0.25, -0.2) is 0 Å². The van der Waals surface area contributed by atoms with Gasteiger partial charge in [-0.2, -0.15) is 79.0 Å². The van der Waals surface area contributed by atoms with Gasteiger partial charge in [-0.3, -0.25) is 0 Å². The summed E-state index contributed by atoms with van der Waals surface area (Å²) in [5.41, 5.74) is -11.3. The molecule has 2 atom stereocenters. The van der Waals surface area contributed by atoms with E-state index in [1.807, 2.05) is 0 Å². The average molecular weight is 1480 g/mol. The second-order valence-corrected chi connectivity index (χ2v) is 32.5. The number of hydrogen-bond donors (Lipinski definition) is 0. The van der Waals surface area contributed by atoms with E-state index >= 15 is 79.0 Å². The standard InChI is InChI=1S/C75H42F18S6/c1-37-50(59-61(69(80,81)73(88,89)67(59,76)77)52-34-56(96-39(52)3)44-16-10-7-11-17-44)31-47(94-37)25-22-41-28-42(23-26-48-32-51(38(2)95-48)60-62(70(82,83)74(90,91)68(60,78)79)53-35-57(97-40(53)4)45-18-12-8-13-19-45)30-43(29-41)24-27-49-33-54-63-64(72(86,87)75(92,93)71(63,84)85)55-36-58(46-20-14-9-15-21-46)99-66(55,6)65(54,5)98-49/h7-21,28-36H,1-6H3/t65-,66-/m0/s1. The summed E-state index contributed by atoms with van der Waals surface area (Å²) in [7, 11) is 0. The minimum Gasteiger partial charge on any atom is -0.194 e. The van der Waals surface area contributed by atoms with Gasteiger partial charge in [0, 0.05) is 84.3 Å². The molecule has 504 valence electrons. The van der Waals surface area contributed by atoms with Crippen molar-refractivity contribution in [2.24, 2.45) is 0 Å². The summed E-state index contributed by atoms with van der Waals surface area (Å²) in [5, 5.41) is 0. The van der Waals surface area contributed by atoms with Crippen LogP contribution in [0.3, 0.4) is 0 Å². The van der Waals surface area contributed by atoms with Gasteiger partial charge in [0.2, 0.25) is 0 Å². The Morgan fingerprint density at radius 2 is 0.606 bits per heavy atom. The van der Waals surface area contributed by atoms with Gasteiger partial charge in [0.1, 0.15) is 0 Å². The Bertz CT molecular complexity index is 5000. The molecule has 4 aromatic heterocycles. The van der Waals surface area contributed by atoms with Crippen molar-refractivity contribution in [1.29, 1.82) is 0 Å². The molecule has 99 heavy (non-hydrogen) atoms. The minimum atomic E-state index is -5.90. The number of alkyl halides is 18. The Morgan fingerprint density at radius 3 is 0.980 bits per heavy atom. The normalized spacial score (nSPS) is 23.4. The Balaban J connectivity index is 0.890. The molecule has 0 spiro atoms. The fraction of sp³-hybridized carbons (Fsp3) is 0.227. The molecule has 1 fully saturated rings. The summed E-state index contributed by atoms with van der Waals surface area (Å²) in [4.78, 5) is 0.643. The molecule has 0 bridgehead atoms. The molecular formula is C75H42F18S6. The SMILES string of the molecule is Cc1sc(C#Cc2cc(C#CC3=CC4=C5C(=C6C=C(c7ccccc7)S[C@]6(C)[C@@]4(C)S3)C(F)(F)C(F)(F)C5(F)F)cc(C#Cc3cc(C4=C(c5cc(-c6ccccc6)sc5C)C(F)(F)C(F)(F)C4(F)F)c(C)s3)c2)cc1C1=C(c2cc(-c3ccccc3)sc2C)C(F)(F)C(F)(F)C1(F)F. The molecule has 6 heterocycles. The molecule has 14 rings (SSSR count). The van der Waals surface area contributed by atoms with Crippen LogP contribution in [0.25, 0.3) is 48.1 Å². The molecule has 8 aromatic rings. The Hall–Kier alpha value is -7.76. The van der Waals surface area contributed by atoms with Crippen LogP contribution in [0.15, 0.2) is 173 Å². The number of halogens is 18. The zero-order chi connectivity index (χ0) is 71.1. The van der Waals surface area contributed by atoms with Crippen LogP contribution in [0.1, 0.15) is 87.6 Å². The van der Waals surface area contributed by atoms with Crippen LogP contribution >= 0.6 is 68.9 Å². The van der Waals surface area contributed by atoms with Crippen molar-refractivity contribution in [2.75, 3.05) is 0 Å². The first-order chi connectivity index (χ1) is 46.2. The van der Waals surface area contributed by atoms with Crippen LogP contribution in [-0.2, 0) is 0 Å². The predicted molar refractivity (Wildman–Crippen MR) is 359 cm³/mol. The third kappa shape index (κ3) is 9.77. The predicted octanol–water partition coefficient (Wildman–Crippen LogP) is 23.8. The first kappa shape index (κ1) is 68.4. The van der Waals surface area contributed by atoms with E-state index in [1.54, 1.807) is 91.0 Å². The molecule has 0 saturated heterocycles. The lowest BCUT2D eigenvalue weighted by molar-refractivity contribution is -0.258. The van der Waals surface area contributed by atoms with Gasteiger partial charge in [0.25, 0.3) is 0 Å². The van der Waals surface area contributed by atoms with Gasteiger partial charge in [-0.15, -0.1) is 68.9 Å². The van der Waals surface area contributed by atoms with E-state index < -0.39 is 130 Å². The summed E-state index contributed by atoms with van der Waals surface area (Å²) < 4.78 is 286. The third-order valence-electron chi connectivity index (χ3n) is 18.5. The lowest BCUT2D eigenvalue weighted by atomic mass is 9.71. The molecule has 2 aliphatic heterocycles. The number of benzene rings is 4. The maximum absolute atomic E-state index is 16.3. The van der Waals surface area contributed by atoms with Crippen LogP contribution in [0.2, 0.25) is 0 Å². The minimum absolute atomic E-state index is 0.00801. The highest BCUT2D eigenvalue weighted by molar-refractivity contribution is 8.12. The van der Waals surface area contributed by atoms with Gasteiger partial charge < -0.3 is 0 Å². The van der Waals surface area contributed by atoms with Crippen LogP contribution in [0.5, 0.6) is 0 Å². The molecule has 4 aromatic carbocycles. The van der Waals surface area contributed by atoms with Crippen molar-refractivity contribution < 1.29 is 79.0 Å². The summed E-state index contributed by atoms with van der Waals surface area (Å²) in [6.45, 7) is 8.14. The molecule has 1 saturated carbocycles. The van der Waals surface area contributed by atoms with Gasteiger partial charge in [-0.1, -0.05) is 127 Å². The zero-order valence-electron chi connectivity index (χ0n) is 51.6. The number of allylic oxidation sites excluding steroid dienone is 9. The Kier molecular flexibility index (Phi) is 15.6. The van der Waals surface area contributed by atoms with Crippen molar-refractivity contribution >= 4 is 96.1 Å². The number of rotatable bonds is 7. The first-order valence-corrected chi connectivity index (χ1v) is 34.7. The van der Waals surface area contributed by atoms with E-state index in [0.717, 1.165) is 76.5 Å². The van der Waals surface area contributed by atoms with Crippen LogP contribution in [0, 0.1) is 63.2 Å². The second kappa shape index (κ2) is 22.6. The average Bonchev–Trinajstić information content (AvgIpc) is 1.49. The Morgan fingerprint density at radius 1 is 0.303 bits per heavy atom. The highest BCUT2D eigenvalue weighted by atomic mass is 32.2. The van der Waals surface area contributed by atoms with Gasteiger partial charge in [-0.05, 0) is 146 Å². The highest BCUT2D eigenvalue weighted by Crippen LogP contribution is 2.75. The lowest BCUT2D eigenvalue weighted by Crippen LogP contribution is -2.48. The van der Waals surface area contributed by atoms with Gasteiger partial charge in [0.05, 0.1) is 24.2 Å². The molecule has 0 amide bonds. The molecule has 6 aliphatic rings. The first-order valence-electron chi connectivity index (χ1n) is 29.8. The molecule has 0 radical (unpaired) electrons. The number of hydrogen-bond acceptors (Lipinski definition) is 6. The fourth-order valence-electron chi connectivity index (χ4n) is 13.4. The number of aryl methyl sites for hydroxylation is 4. The smallest absolute Gasteiger partial charge is 0.194 e. The summed E-state index contributed by atoms with van der Waals surface area (Å²) in [6, 6.07) is 33.0. The maximum atomic E-state index is 16.3. The molecular weight excluding hydrogens is 1440 g/mol. The van der Waals surface area contributed by atoms with Crippen molar-refractivity contribution in [3.8, 4) is 56.4 Å². The monoisotopic (exact) mass is 1480 g/mol. The van der Waals surface area contributed by atoms with E-state index in [2.05, 4.69) is 35.5 Å². The van der Waals surface area contributed by atoms with Gasteiger partial charge >= 0.3 is 53.3 Å². The number of fused-ring (bicyclic) bond motifs is 4. The van der Waals surface area contributed by atoms with Crippen molar-refractivity contribution in [1.82, 2.24) is 0 Å². The molecule has 0 unspecified atom stereocenters. The topological polar surface area (TPSA) is 0 Å². The summed E-state index contributed by atoms with van der Waals surface area (Å²) >= 11 is 5.14. The van der Waals surface area contributed by atoms with Crippen molar-refractivity contribution in [2.45, 2.75) is 104 Å².